The van der Waals surface area contributed by atoms with E-state index < -0.39 is 0 Å². The third-order valence-electron chi connectivity index (χ3n) is 3.64. The van der Waals surface area contributed by atoms with Crippen LogP contribution in [0.1, 0.15) is 34.1 Å². The highest BCUT2D eigenvalue weighted by Crippen LogP contribution is 2.31. The molecule has 0 aromatic carbocycles. The van der Waals surface area contributed by atoms with Crippen molar-refractivity contribution in [2.75, 3.05) is 0 Å². The second kappa shape index (κ2) is 6.08. The van der Waals surface area contributed by atoms with Crippen molar-refractivity contribution in [3.8, 4) is 0 Å². The highest BCUT2D eigenvalue weighted by atomic mass is 16.5. The first kappa shape index (κ1) is 14.6. The molecule has 0 amide bonds. The van der Waals surface area contributed by atoms with Crippen molar-refractivity contribution in [1.29, 1.82) is 0 Å². The third-order valence-corrected chi connectivity index (χ3v) is 3.64. The van der Waals surface area contributed by atoms with Gasteiger partial charge in [0.05, 0.1) is 0 Å². The van der Waals surface area contributed by atoms with E-state index in [0.717, 1.165) is 23.5 Å². The van der Waals surface area contributed by atoms with E-state index in [0.29, 0.717) is 0 Å². The van der Waals surface area contributed by atoms with Crippen molar-refractivity contribution in [1.82, 2.24) is 0 Å². The molecule has 0 N–H and O–H groups in total. The van der Waals surface area contributed by atoms with Crippen LogP contribution in [-0.4, -0.2) is 17.9 Å². The Morgan fingerprint density at radius 1 is 1.40 bits per heavy atom. The zero-order chi connectivity index (χ0) is 14.7. The van der Waals surface area contributed by atoms with Crippen LogP contribution in [0.3, 0.4) is 0 Å². The number of ether oxygens (including phenoxy) is 1. The number of rotatable bonds is 2. The van der Waals surface area contributed by atoms with Crippen molar-refractivity contribution in [2.24, 2.45) is 4.99 Å². The molecule has 0 fully saturated rings. The van der Waals surface area contributed by atoms with Crippen molar-refractivity contribution in [3.63, 3.8) is 0 Å². The Kier molecular flexibility index (Phi) is 4.43. The Bertz CT molecular complexity index is 558. The van der Waals surface area contributed by atoms with E-state index in [1.165, 1.54) is 11.1 Å². The average Bonchev–Trinajstić information content (AvgIpc) is 2.54. The summed E-state index contributed by atoms with van der Waals surface area (Å²) < 4.78 is 6.18. The van der Waals surface area contributed by atoms with Crippen LogP contribution in [0.2, 0.25) is 0 Å². The maximum absolute atomic E-state index is 6.18. The minimum Gasteiger partial charge on any atom is -0.483 e. The van der Waals surface area contributed by atoms with Crippen LogP contribution in [0.5, 0.6) is 0 Å². The summed E-state index contributed by atoms with van der Waals surface area (Å²) in [7, 11) is 0. The molecular formula is C18H23NO. The van der Waals surface area contributed by atoms with E-state index in [4.69, 9.17) is 9.73 Å². The van der Waals surface area contributed by atoms with Gasteiger partial charge in [-0.05, 0) is 44.9 Å². The van der Waals surface area contributed by atoms with Crippen molar-refractivity contribution in [3.05, 3.63) is 59.4 Å². The zero-order valence-electron chi connectivity index (χ0n) is 12.8. The van der Waals surface area contributed by atoms with E-state index in [1.54, 1.807) is 0 Å². The van der Waals surface area contributed by atoms with Gasteiger partial charge in [0.2, 0.25) is 0 Å². The lowest BCUT2D eigenvalue weighted by Gasteiger charge is -2.26. The van der Waals surface area contributed by atoms with Crippen LogP contribution in [0, 0.1) is 0 Å². The summed E-state index contributed by atoms with van der Waals surface area (Å²) in [5.41, 5.74) is 4.42. The van der Waals surface area contributed by atoms with E-state index in [1.807, 2.05) is 25.2 Å². The molecule has 1 aliphatic carbocycles. The number of hydrogen-bond donors (Lipinski definition) is 0. The van der Waals surface area contributed by atoms with Crippen LogP contribution >= 0.6 is 0 Å². The fourth-order valence-corrected chi connectivity index (χ4v) is 2.61. The van der Waals surface area contributed by atoms with E-state index in [2.05, 4.69) is 39.5 Å². The largest absolute Gasteiger partial charge is 0.483 e. The number of nitrogens with zero attached hydrogens (tertiary/aromatic N) is 1. The Morgan fingerprint density at radius 2 is 2.15 bits per heavy atom. The van der Waals surface area contributed by atoms with E-state index in [-0.39, 0.29) is 12.1 Å². The van der Waals surface area contributed by atoms with Crippen LogP contribution < -0.4 is 0 Å². The van der Waals surface area contributed by atoms with Gasteiger partial charge < -0.3 is 4.74 Å². The normalized spacial score (nSPS) is 28.5. The van der Waals surface area contributed by atoms with E-state index in [9.17, 15) is 0 Å². The predicted molar refractivity (Wildman–Crippen MR) is 85.9 cm³/mol. The monoisotopic (exact) mass is 269 g/mol. The molecule has 1 aliphatic heterocycles. The molecule has 0 aromatic rings. The van der Waals surface area contributed by atoms with Crippen LogP contribution in [0.4, 0.5) is 0 Å². The van der Waals surface area contributed by atoms with Gasteiger partial charge in [-0.15, -0.1) is 0 Å². The van der Waals surface area contributed by atoms with Gasteiger partial charge in [-0.1, -0.05) is 37.3 Å². The number of aliphatic imine (C=N–C) groups is 1. The molecule has 20 heavy (non-hydrogen) atoms. The first-order valence-electron chi connectivity index (χ1n) is 7.19. The molecule has 0 spiro atoms. The molecule has 0 radical (unpaired) electrons. The van der Waals surface area contributed by atoms with Crippen molar-refractivity contribution in [2.45, 2.75) is 46.3 Å². The summed E-state index contributed by atoms with van der Waals surface area (Å²) in [6, 6.07) is 0.0712. The van der Waals surface area contributed by atoms with Crippen LogP contribution in [0.15, 0.2) is 64.4 Å². The van der Waals surface area contributed by atoms with Crippen LogP contribution in [0.25, 0.3) is 0 Å². The molecule has 0 saturated carbocycles. The first-order valence-corrected chi connectivity index (χ1v) is 7.19. The van der Waals surface area contributed by atoms with Gasteiger partial charge in [-0.25, -0.2) is 0 Å². The highest BCUT2D eigenvalue weighted by molar-refractivity contribution is 6.03. The van der Waals surface area contributed by atoms with Crippen LogP contribution in [-0.2, 0) is 4.74 Å². The standard InChI is InChI=1S/C18H23NO/c1-6-8-9-16-14(5)15(7-2)19-18-13(4)10-12(3)11-17(18)20-16/h6,8-11,17-18H,5,7H2,1-4H3/b8-6-,16-9+. The SMILES string of the molecule is C=C1C(CC)=NC2C(C)=CC(C)=CC2O/C1=C/C=C\C. The van der Waals surface area contributed by atoms with Gasteiger partial charge in [0.25, 0.3) is 0 Å². The molecular weight excluding hydrogens is 246 g/mol. The predicted octanol–water partition coefficient (Wildman–Crippen LogP) is 4.53. The summed E-state index contributed by atoms with van der Waals surface area (Å²) in [6.45, 7) is 12.5. The van der Waals surface area contributed by atoms with Gasteiger partial charge >= 0.3 is 0 Å². The maximum atomic E-state index is 6.18. The summed E-state index contributed by atoms with van der Waals surface area (Å²) >= 11 is 0. The number of fused-ring (bicyclic) bond motifs is 1. The molecule has 2 rings (SSSR count). The maximum Gasteiger partial charge on any atom is 0.143 e. The summed E-state index contributed by atoms with van der Waals surface area (Å²) in [5, 5.41) is 0. The Hall–Kier alpha value is -1.83. The smallest absolute Gasteiger partial charge is 0.143 e. The molecule has 0 aromatic heterocycles. The number of hydrogen-bond acceptors (Lipinski definition) is 2. The minimum absolute atomic E-state index is 0.0303. The second-order valence-electron chi connectivity index (χ2n) is 5.29. The fourth-order valence-electron chi connectivity index (χ4n) is 2.61. The fraction of sp³-hybridized carbons (Fsp3) is 0.389. The van der Waals surface area contributed by atoms with Crippen molar-refractivity contribution >= 4 is 5.71 Å². The lowest BCUT2D eigenvalue weighted by atomic mass is 9.94. The molecule has 106 valence electrons. The lowest BCUT2D eigenvalue weighted by molar-refractivity contribution is 0.151. The third kappa shape index (κ3) is 2.84. The second-order valence-corrected chi connectivity index (χ2v) is 5.29. The Balaban J connectivity index is 2.46. The highest BCUT2D eigenvalue weighted by Gasteiger charge is 2.30. The molecule has 2 heteroatoms. The quantitative estimate of drug-likeness (QED) is 0.722. The van der Waals surface area contributed by atoms with Gasteiger partial charge in [0.15, 0.2) is 0 Å². The molecule has 0 bridgehead atoms. The van der Waals surface area contributed by atoms with Gasteiger partial charge in [0.1, 0.15) is 17.9 Å². The van der Waals surface area contributed by atoms with E-state index >= 15 is 0 Å². The molecule has 1 heterocycles. The Labute approximate surface area is 121 Å². The van der Waals surface area contributed by atoms with Gasteiger partial charge in [-0.2, -0.15) is 0 Å². The molecule has 2 nitrogen and oxygen atoms in total. The van der Waals surface area contributed by atoms with Crippen molar-refractivity contribution < 1.29 is 4.74 Å². The molecule has 2 unspecified atom stereocenters. The molecule has 0 saturated heterocycles. The topological polar surface area (TPSA) is 21.6 Å². The number of allylic oxidation sites excluding steroid dienone is 6. The summed E-state index contributed by atoms with van der Waals surface area (Å²) in [6.07, 6.45) is 11.1. The zero-order valence-corrected chi connectivity index (χ0v) is 12.8. The molecule has 2 aliphatic rings. The van der Waals surface area contributed by atoms with Gasteiger partial charge in [0, 0.05) is 11.3 Å². The molecule has 2 atom stereocenters. The summed E-state index contributed by atoms with van der Waals surface area (Å²) in [4.78, 5) is 4.89. The minimum atomic E-state index is -0.0303. The summed E-state index contributed by atoms with van der Waals surface area (Å²) in [5.74, 6) is 0.829. The van der Waals surface area contributed by atoms with Gasteiger partial charge in [-0.3, -0.25) is 4.99 Å². The Morgan fingerprint density at radius 3 is 2.80 bits per heavy atom. The lowest BCUT2D eigenvalue weighted by Crippen LogP contribution is -2.28. The average molecular weight is 269 g/mol. The first-order chi connectivity index (χ1) is 9.56.